The second-order valence-electron chi connectivity index (χ2n) is 2.40. The summed E-state index contributed by atoms with van der Waals surface area (Å²) in [6.45, 7) is 0. The normalized spacial score (nSPS) is 10.6. The fourth-order valence-corrected chi connectivity index (χ4v) is 1.02. The van der Waals surface area contributed by atoms with Crippen LogP contribution in [-0.2, 0) is 4.74 Å². The molecule has 1 heterocycles. The molecule has 70 valence electrons. The number of ether oxygens (including phenoxy) is 1. The van der Waals surface area contributed by atoms with Gasteiger partial charge >= 0.3 is 5.97 Å². The van der Waals surface area contributed by atoms with Crippen LogP contribution in [0.1, 0.15) is 16.2 Å². The Kier molecular flexibility index (Phi) is 3.64. The van der Waals surface area contributed by atoms with Crippen LogP contribution in [0.2, 0.25) is 0 Å². The van der Waals surface area contributed by atoms with Gasteiger partial charge < -0.3 is 9.72 Å². The summed E-state index contributed by atoms with van der Waals surface area (Å²) >= 11 is 4.02. The molecule has 0 radical (unpaired) electrons. The minimum Gasteiger partial charge on any atom is -0.464 e. The third kappa shape index (κ3) is 2.66. The Morgan fingerprint density at radius 1 is 1.69 bits per heavy atom. The highest BCUT2D eigenvalue weighted by atomic mass is 32.1. The van der Waals surface area contributed by atoms with E-state index in [1.807, 2.05) is 18.2 Å². The van der Waals surface area contributed by atoms with Gasteiger partial charge in [0.1, 0.15) is 5.69 Å². The molecule has 0 amide bonds. The molecule has 0 spiro atoms. The van der Waals surface area contributed by atoms with E-state index in [0.717, 1.165) is 5.69 Å². The number of thiol groups is 1. The van der Waals surface area contributed by atoms with Crippen molar-refractivity contribution >= 4 is 24.7 Å². The Morgan fingerprint density at radius 2 is 2.46 bits per heavy atom. The first kappa shape index (κ1) is 9.92. The van der Waals surface area contributed by atoms with E-state index in [-0.39, 0.29) is 5.97 Å². The fourth-order valence-electron chi connectivity index (χ4n) is 0.918. The molecule has 1 aromatic heterocycles. The van der Waals surface area contributed by atoms with Crippen molar-refractivity contribution in [3.8, 4) is 0 Å². The Balaban J connectivity index is 2.74. The van der Waals surface area contributed by atoms with Crippen LogP contribution >= 0.6 is 12.6 Å². The molecule has 0 bridgehead atoms. The largest absolute Gasteiger partial charge is 0.464 e. The minimum atomic E-state index is -0.356. The first-order valence-electron chi connectivity index (χ1n) is 3.82. The van der Waals surface area contributed by atoms with Crippen LogP contribution in [0.3, 0.4) is 0 Å². The molecule has 4 heteroatoms. The number of aromatic amines is 1. The summed E-state index contributed by atoms with van der Waals surface area (Å²) in [5.41, 5.74) is 1.33. The van der Waals surface area contributed by atoms with Gasteiger partial charge in [-0.2, -0.15) is 12.6 Å². The van der Waals surface area contributed by atoms with Gasteiger partial charge in [-0.1, -0.05) is 6.08 Å². The quantitative estimate of drug-likeness (QED) is 0.572. The van der Waals surface area contributed by atoms with Gasteiger partial charge in [0.05, 0.1) is 7.11 Å². The standard InChI is InChI=1S/C9H11NO2S/c1-12-9(11)8-5-4-7(10-8)3-2-6-13/h2-5,10,13H,6H2,1H3. The van der Waals surface area contributed by atoms with E-state index in [4.69, 9.17) is 0 Å². The summed E-state index contributed by atoms with van der Waals surface area (Å²) in [6, 6.07) is 3.50. The molecule has 0 aliphatic rings. The topological polar surface area (TPSA) is 42.1 Å². The molecule has 0 aromatic carbocycles. The summed E-state index contributed by atoms with van der Waals surface area (Å²) < 4.78 is 4.54. The third-order valence-electron chi connectivity index (χ3n) is 1.52. The average Bonchev–Trinajstić information content (AvgIpc) is 2.62. The van der Waals surface area contributed by atoms with E-state index in [0.29, 0.717) is 11.4 Å². The highest BCUT2D eigenvalue weighted by molar-refractivity contribution is 7.80. The van der Waals surface area contributed by atoms with Crippen LogP contribution in [0.25, 0.3) is 6.08 Å². The number of rotatable bonds is 3. The monoisotopic (exact) mass is 197 g/mol. The van der Waals surface area contributed by atoms with E-state index in [1.54, 1.807) is 6.07 Å². The van der Waals surface area contributed by atoms with E-state index < -0.39 is 0 Å². The lowest BCUT2D eigenvalue weighted by Gasteiger charge is -1.92. The zero-order valence-corrected chi connectivity index (χ0v) is 8.17. The van der Waals surface area contributed by atoms with Gasteiger partial charge in [0.15, 0.2) is 0 Å². The van der Waals surface area contributed by atoms with E-state index in [9.17, 15) is 4.79 Å². The van der Waals surface area contributed by atoms with Crippen molar-refractivity contribution in [1.29, 1.82) is 0 Å². The molecule has 3 nitrogen and oxygen atoms in total. The highest BCUT2D eigenvalue weighted by Crippen LogP contribution is 2.05. The smallest absolute Gasteiger partial charge is 0.354 e. The maximum absolute atomic E-state index is 11.0. The van der Waals surface area contributed by atoms with Gasteiger partial charge in [0.2, 0.25) is 0 Å². The number of carbonyl (C=O) groups excluding carboxylic acids is 1. The van der Waals surface area contributed by atoms with Crippen molar-refractivity contribution in [3.63, 3.8) is 0 Å². The number of hydrogen-bond donors (Lipinski definition) is 2. The number of hydrogen-bond acceptors (Lipinski definition) is 3. The van der Waals surface area contributed by atoms with Gasteiger partial charge in [-0.05, 0) is 18.2 Å². The Hall–Kier alpha value is -1.16. The molecule has 0 atom stereocenters. The first-order valence-corrected chi connectivity index (χ1v) is 4.46. The van der Waals surface area contributed by atoms with Gasteiger partial charge in [0, 0.05) is 11.4 Å². The lowest BCUT2D eigenvalue weighted by Crippen LogP contribution is -2.00. The molecule has 0 aliphatic heterocycles. The zero-order chi connectivity index (χ0) is 9.68. The van der Waals surface area contributed by atoms with E-state index in [1.165, 1.54) is 7.11 Å². The van der Waals surface area contributed by atoms with Crippen LogP contribution < -0.4 is 0 Å². The lowest BCUT2D eigenvalue weighted by atomic mass is 10.4. The molecule has 1 rings (SSSR count). The summed E-state index contributed by atoms with van der Waals surface area (Å²) in [4.78, 5) is 13.9. The van der Waals surface area contributed by atoms with Crippen LogP contribution in [-0.4, -0.2) is 23.8 Å². The van der Waals surface area contributed by atoms with Crippen LogP contribution in [0.4, 0.5) is 0 Å². The zero-order valence-electron chi connectivity index (χ0n) is 7.28. The first-order chi connectivity index (χ1) is 6.27. The molecule has 0 fully saturated rings. The van der Waals surface area contributed by atoms with E-state index in [2.05, 4.69) is 22.3 Å². The second kappa shape index (κ2) is 4.77. The lowest BCUT2D eigenvalue weighted by molar-refractivity contribution is 0.0595. The highest BCUT2D eigenvalue weighted by Gasteiger charge is 2.05. The third-order valence-corrected chi connectivity index (χ3v) is 1.73. The molecular formula is C9H11NO2S. The summed E-state index contributed by atoms with van der Waals surface area (Å²) in [6.07, 6.45) is 3.75. The average molecular weight is 197 g/mol. The maximum Gasteiger partial charge on any atom is 0.354 e. The van der Waals surface area contributed by atoms with Gasteiger partial charge in [0.25, 0.3) is 0 Å². The van der Waals surface area contributed by atoms with Crippen molar-refractivity contribution in [2.45, 2.75) is 0 Å². The van der Waals surface area contributed by atoms with Crippen molar-refractivity contribution in [1.82, 2.24) is 4.98 Å². The Labute approximate surface area is 82.2 Å². The molecule has 0 aliphatic carbocycles. The van der Waals surface area contributed by atoms with Gasteiger partial charge in [-0.25, -0.2) is 4.79 Å². The number of H-pyrrole nitrogens is 1. The number of methoxy groups -OCH3 is 1. The second-order valence-corrected chi connectivity index (χ2v) is 2.77. The summed E-state index contributed by atoms with van der Waals surface area (Å²) in [7, 11) is 1.35. The molecule has 13 heavy (non-hydrogen) atoms. The SMILES string of the molecule is COC(=O)c1ccc(C=CCS)[nH]1. The van der Waals surface area contributed by atoms with E-state index >= 15 is 0 Å². The van der Waals surface area contributed by atoms with Crippen LogP contribution in [0.15, 0.2) is 18.2 Å². The molecule has 0 unspecified atom stereocenters. The van der Waals surface area contributed by atoms with Gasteiger partial charge in [-0.3, -0.25) is 0 Å². The molecule has 1 N–H and O–H groups in total. The number of aromatic nitrogens is 1. The number of nitrogens with one attached hydrogen (secondary N) is 1. The Morgan fingerprint density at radius 3 is 3.08 bits per heavy atom. The van der Waals surface area contributed by atoms with Crippen molar-refractivity contribution in [2.24, 2.45) is 0 Å². The molecular weight excluding hydrogens is 186 g/mol. The predicted molar refractivity (Wildman–Crippen MR) is 55.0 cm³/mol. The van der Waals surface area contributed by atoms with Crippen molar-refractivity contribution in [3.05, 3.63) is 29.6 Å². The van der Waals surface area contributed by atoms with Crippen LogP contribution in [0, 0.1) is 0 Å². The maximum atomic E-state index is 11.0. The Bertz CT molecular complexity index is 317. The van der Waals surface area contributed by atoms with Crippen molar-refractivity contribution in [2.75, 3.05) is 12.9 Å². The van der Waals surface area contributed by atoms with Crippen LogP contribution in [0.5, 0.6) is 0 Å². The molecule has 0 saturated heterocycles. The molecule has 1 aromatic rings. The summed E-state index contributed by atoms with van der Waals surface area (Å²) in [5, 5.41) is 0. The molecule has 0 saturated carbocycles. The predicted octanol–water partition coefficient (Wildman–Crippen LogP) is 1.74. The van der Waals surface area contributed by atoms with Crippen molar-refractivity contribution < 1.29 is 9.53 Å². The minimum absolute atomic E-state index is 0.356. The number of carbonyl (C=O) groups is 1. The summed E-state index contributed by atoms with van der Waals surface area (Å²) in [5.74, 6) is 0.317. The van der Waals surface area contributed by atoms with Gasteiger partial charge in [-0.15, -0.1) is 0 Å². The fraction of sp³-hybridized carbons (Fsp3) is 0.222. The number of esters is 1.